The lowest BCUT2D eigenvalue weighted by Gasteiger charge is -2.02. The van der Waals surface area contributed by atoms with Crippen molar-refractivity contribution in [3.8, 4) is 5.75 Å². The number of aryl methyl sites for hydroxylation is 1. The van der Waals surface area contributed by atoms with E-state index >= 15 is 0 Å². The van der Waals surface area contributed by atoms with Crippen molar-refractivity contribution >= 4 is 49.0 Å². The van der Waals surface area contributed by atoms with Crippen molar-refractivity contribution in [1.29, 1.82) is 0 Å². The lowest BCUT2D eigenvalue weighted by molar-refractivity contribution is 0.146. The van der Waals surface area contributed by atoms with Crippen molar-refractivity contribution < 1.29 is 13.5 Å². The predicted molar refractivity (Wildman–Crippen MR) is 107 cm³/mol. The van der Waals surface area contributed by atoms with Gasteiger partial charge < -0.3 is 4.74 Å². The van der Waals surface area contributed by atoms with Crippen LogP contribution in [-0.4, -0.2) is 24.6 Å². The zero-order chi connectivity index (χ0) is 20.1. The molecule has 0 amide bonds. The molecular weight excluding hydrogens is 420 g/mol. The van der Waals surface area contributed by atoms with Gasteiger partial charge in [0.25, 0.3) is 6.43 Å². The largest absolute Gasteiger partial charge is 0.486 e. The van der Waals surface area contributed by atoms with Crippen LogP contribution in [0.5, 0.6) is 5.75 Å². The van der Waals surface area contributed by atoms with E-state index in [9.17, 15) is 8.78 Å². The quantitative estimate of drug-likeness (QED) is 0.383. The highest BCUT2D eigenvalue weighted by molar-refractivity contribution is 7.26. The third-order valence-electron chi connectivity index (χ3n) is 4.43. The van der Waals surface area contributed by atoms with Gasteiger partial charge in [-0.25, -0.2) is 28.2 Å². The highest BCUT2D eigenvalue weighted by atomic mass is 35.5. The zero-order valence-corrected chi connectivity index (χ0v) is 16.5. The minimum Gasteiger partial charge on any atom is -0.486 e. The second kappa shape index (κ2) is 6.85. The van der Waals surface area contributed by atoms with Crippen LogP contribution in [0.1, 0.15) is 23.5 Å². The number of ether oxygens (including phenoxy) is 1. The lowest BCUT2D eigenvalue weighted by Crippen LogP contribution is -1.98. The molecule has 0 saturated heterocycles. The van der Waals surface area contributed by atoms with Crippen LogP contribution in [0, 0.1) is 6.92 Å². The van der Waals surface area contributed by atoms with Gasteiger partial charge in [-0.2, -0.15) is 0 Å². The van der Waals surface area contributed by atoms with Gasteiger partial charge in [0.05, 0.1) is 5.52 Å². The number of pyridine rings is 1. The van der Waals surface area contributed by atoms with Crippen molar-refractivity contribution in [2.45, 2.75) is 20.0 Å². The third kappa shape index (κ3) is 3.16. The van der Waals surface area contributed by atoms with Crippen LogP contribution in [0.2, 0.25) is 5.02 Å². The van der Waals surface area contributed by atoms with Crippen molar-refractivity contribution in [2.24, 2.45) is 0 Å². The Kier molecular flexibility index (Phi) is 4.29. The standard InChI is InChI=1S/C19H12ClF2N5OS/c1-9-6-12(17(21)22)24-19-14(9)15-16(29-19)18-25-13(26-27(18)8-23-15)7-28-11-4-2-10(20)3-5-11/h2-6,8,17H,7H2,1H3. The first-order valence-electron chi connectivity index (χ1n) is 8.60. The summed E-state index contributed by atoms with van der Waals surface area (Å²) in [6.07, 6.45) is -1.07. The Morgan fingerprint density at radius 1 is 1.21 bits per heavy atom. The molecule has 0 saturated carbocycles. The molecule has 1 aromatic carbocycles. The summed E-state index contributed by atoms with van der Waals surface area (Å²) in [7, 11) is 0. The maximum atomic E-state index is 13.1. The van der Waals surface area contributed by atoms with Gasteiger partial charge in [-0.05, 0) is 42.8 Å². The molecule has 0 atom stereocenters. The smallest absolute Gasteiger partial charge is 0.280 e. The molecule has 0 N–H and O–H groups in total. The van der Waals surface area contributed by atoms with Crippen molar-refractivity contribution in [1.82, 2.24) is 24.6 Å². The summed E-state index contributed by atoms with van der Waals surface area (Å²) in [6, 6.07) is 8.40. The van der Waals surface area contributed by atoms with Gasteiger partial charge in [0, 0.05) is 10.4 Å². The molecule has 0 aliphatic heterocycles. The number of thiophene rings is 1. The van der Waals surface area contributed by atoms with E-state index in [2.05, 4.69) is 20.1 Å². The van der Waals surface area contributed by atoms with E-state index in [0.717, 1.165) is 10.1 Å². The first kappa shape index (κ1) is 18.1. The first-order chi connectivity index (χ1) is 14.0. The molecule has 0 bridgehead atoms. The van der Waals surface area contributed by atoms with Crippen molar-refractivity contribution in [3.63, 3.8) is 0 Å². The van der Waals surface area contributed by atoms with Gasteiger partial charge in [-0.3, -0.25) is 0 Å². The van der Waals surface area contributed by atoms with E-state index in [1.54, 1.807) is 42.0 Å². The van der Waals surface area contributed by atoms with Gasteiger partial charge in [-0.1, -0.05) is 11.6 Å². The highest BCUT2D eigenvalue weighted by Gasteiger charge is 2.19. The van der Waals surface area contributed by atoms with Gasteiger partial charge in [0.2, 0.25) is 0 Å². The fraction of sp³-hybridized carbons (Fsp3) is 0.158. The Morgan fingerprint density at radius 3 is 2.76 bits per heavy atom. The van der Waals surface area contributed by atoms with Crippen LogP contribution in [0.3, 0.4) is 0 Å². The van der Waals surface area contributed by atoms with Crippen LogP contribution < -0.4 is 4.74 Å². The summed E-state index contributed by atoms with van der Waals surface area (Å²) in [6.45, 7) is 1.95. The molecular formula is C19H12ClF2N5OS. The number of benzene rings is 1. The Labute approximate surface area is 171 Å². The number of fused-ring (bicyclic) bond motifs is 5. The van der Waals surface area contributed by atoms with E-state index in [1.165, 1.54) is 17.4 Å². The summed E-state index contributed by atoms with van der Waals surface area (Å²) < 4.78 is 34.2. The molecule has 0 aliphatic carbocycles. The summed E-state index contributed by atoms with van der Waals surface area (Å²) in [5.74, 6) is 1.13. The number of halogens is 3. The fourth-order valence-electron chi connectivity index (χ4n) is 3.13. The Balaban J connectivity index is 1.57. The van der Waals surface area contributed by atoms with Gasteiger partial charge in [-0.15, -0.1) is 16.4 Å². The zero-order valence-electron chi connectivity index (χ0n) is 14.9. The molecule has 10 heteroatoms. The molecule has 5 rings (SSSR count). The first-order valence-corrected chi connectivity index (χ1v) is 9.79. The van der Waals surface area contributed by atoms with Crippen LogP contribution in [0.25, 0.3) is 26.1 Å². The normalized spacial score (nSPS) is 11.9. The molecule has 0 aliphatic rings. The second-order valence-electron chi connectivity index (χ2n) is 6.41. The molecule has 4 aromatic heterocycles. The highest BCUT2D eigenvalue weighted by Crippen LogP contribution is 2.36. The lowest BCUT2D eigenvalue weighted by atomic mass is 10.1. The van der Waals surface area contributed by atoms with E-state index in [4.69, 9.17) is 16.3 Å². The van der Waals surface area contributed by atoms with E-state index in [-0.39, 0.29) is 12.3 Å². The molecule has 29 heavy (non-hydrogen) atoms. The average molecular weight is 432 g/mol. The average Bonchev–Trinajstić information content (AvgIpc) is 3.28. The molecule has 6 nitrogen and oxygen atoms in total. The van der Waals surface area contributed by atoms with Gasteiger partial charge in [0.1, 0.15) is 33.9 Å². The number of nitrogens with zero attached hydrogens (tertiary/aromatic N) is 5. The maximum absolute atomic E-state index is 13.1. The number of aromatic nitrogens is 5. The SMILES string of the molecule is Cc1cc(C(F)F)nc2sc3c(ncn4nc(COc5ccc(Cl)cc5)nc34)c12. The second-order valence-corrected chi connectivity index (χ2v) is 7.84. The summed E-state index contributed by atoms with van der Waals surface area (Å²) >= 11 is 7.15. The molecule has 0 fully saturated rings. The molecule has 5 aromatic rings. The summed E-state index contributed by atoms with van der Waals surface area (Å²) in [5.41, 5.74) is 1.74. The Hall–Kier alpha value is -2.91. The topological polar surface area (TPSA) is 65.2 Å². The predicted octanol–water partition coefficient (Wildman–Crippen LogP) is 5.37. The molecule has 0 spiro atoms. The molecule has 146 valence electrons. The van der Waals surface area contributed by atoms with Crippen LogP contribution in [-0.2, 0) is 6.61 Å². The summed E-state index contributed by atoms with van der Waals surface area (Å²) in [4.78, 5) is 13.6. The molecule has 0 radical (unpaired) electrons. The van der Waals surface area contributed by atoms with Gasteiger partial charge in [0.15, 0.2) is 11.5 Å². The fourth-order valence-corrected chi connectivity index (χ4v) is 4.44. The van der Waals surface area contributed by atoms with Crippen molar-refractivity contribution in [2.75, 3.05) is 0 Å². The molecule has 0 unspecified atom stereocenters. The van der Waals surface area contributed by atoms with Crippen LogP contribution in [0.4, 0.5) is 8.78 Å². The molecule has 4 heterocycles. The Morgan fingerprint density at radius 2 is 2.00 bits per heavy atom. The third-order valence-corrected chi connectivity index (χ3v) is 5.75. The number of alkyl halides is 2. The summed E-state index contributed by atoms with van der Waals surface area (Å²) in [5, 5.41) is 5.78. The van der Waals surface area contributed by atoms with Crippen molar-refractivity contribution in [3.05, 3.63) is 58.8 Å². The minimum atomic E-state index is -2.62. The monoisotopic (exact) mass is 431 g/mol. The number of hydrogen-bond donors (Lipinski definition) is 0. The van der Waals surface area contributed by atoms with Crippen LogP contribution >= 0.6 is 22.9 Å². The van der Waals surface area contributed by atoms with Gasteiger partial charge >= 0.3 is 0 Å². The van der Waals surface area contributed by atoms with E-state index < -0.39 is 6.43 Å². The number of rotatable bonds is 4. The Bertz CT molecular complexity index is 1370. The number of hydrogen-bond acceptors (Lipinski definition) is 6. The van der Waals surface area contributed by atoms with Crippen LogP contribution in [0.15, 0.2) is 36.7 Å². The van der Waals surface area contributed by atoms with E-state index in [1.807, 2.05) is 0 Å². The van der Waals surface area contributed by atoms with E-state index in [0.29, 0.717) is 38.2 Å². The maximum Gasteiger partial charge on any atom is 0.280 e. The minimum absolute atomic E-state index is 0.169.